The Morgan fingerprint density at radius 3 is 0.843 bits per heavy atom. The quantitative estimate of drug-likeness (QED) is 0.0261. The van der Waals surface area contributed by atoms with Crippen LogP contribution in [0.1, 0.15) is 310 Å². The largest absolute Gasteiger partial charge is 0.462 e. The van der Waals surface area contributed by atoms with Gasteiger partial charge >= 0.3 is 17.9 Å². The van der Waals surface area contributed by atoms with Crippen LogP contribution in [-0.4, -0.2) is 37.2 Å². The zero-order chi connectivity index (χ0) is 50.7. The van der Waals surface area contributed by atoms with E-state index in [4.69, 9.17) is 14.2 Å². The standard InChI is InChI=1S/C64H114O6/c1-4-7-10-13-16-19-22-25-28-30-32-34-36-39-42-45-48-51-54-57-63(66)69-60-61(59-68-62(65)56-53-50-47-44-41-38-27-24-21-18-15-12-9-6-3)70-64(67)58-55-52-49-46-43-40-37-35-33-31-29-26-23-20-17-14-11-8-5-2/h16,19,24-29,32,34,61H,4-15,17-18,20-23,30-31,33,35-60H2,1-3H3/b19-16-,27-24-,28-25-,29-26-,34-32-/t61-/m1/s1. The first kappa shape index (κ1) is 67.1. The van der Waals surface area contributed by atoms with E-state index in [2.05, 4.69) is 81.5 Å². The maximum Gasteiger partial charge on any atom is 0.306 e. The first-order valence-electron chi connectivity index (χ1n) is 30.3. The average molecular weight is 980 g/mol. The van der Waals surface area contributed by atoms with Gasteiger partial charge in [0.15, 0.2) is 6.10 Å². The van der Waals surface area contributed by atoms with Gasteiger partial charge in [-0.15, -0.1) is 0 Å². The van der Waals surface area contributed by atoms with E-state index < -0.39 is 6.10 Å². The average Bonchev–Trinajstić information content (AvgIpc) is 3.36. The van der Waals surface area contributed by atoms with Gasteiger partial charge in [-0.1, -0.05) is 242 Å². The molecule has 0 unspecified atom stereocenters. The second-order valence-electron chi connectivity index (χ2n) is 20.2. The van der Waals surface area contributed by atoms with Crippen molar-refractivity contribution in [2.75, 3.05) is 13.2 Å². The van der Waals surface area contributed by atoms with Crippen LogP contribution in [0.5, 0.6) is 0 Å². The molecule has 0 amide bonds. The highest BCUT2D eigenvalue weighted by molar-refractivity contribution is 5.71. The Morgan fingerprint density at radius 1 is 0.286 bits per heavy atom. The van der Waals surface area contributed by atoms with E-state index in [1.54, 1.807) is 0 Å². The Hall–Kier alpha value is -2.89. The predicted octanol–water partition coefficient (Wildman–Crippen LogP) is 20.4. The van der Waals surface area contributed by atoms with Crippen LogP contribution in [-0.2, 0) is 28.6 Å². The highest BCUT2D eigenvalue weighted by Crippen LogP contribution is 2.15. The van der Waals surface area contributed by atoms with Gasteiger partial charge in [-0.2, -0.15) is 0 Å². The Bertz CT molecular complexity index is 1260. The fourth-order valence-corrected chi connectivity index (χ4v) is 8.62. The number of carbonyl (C=O) groups is 3. The summed E-state index contributed by atoms with van der Waals surface area (Å²) in [6.07, 6.45) is 73.5. The Labute approximate surface area is 434 Å². The summed E-state index contributed by atoms with van der Waals surface area (Å²) >= 11 is 0. The van der Waals surface area contributed by atoms with Crippen LogP contribution < -0.4 is 0 Å². The van der Waals surface area contributed by atoms with Crippen LogP contribution in [0.3, 0.4) is 0 Å². The molecule has 6 nitrogen and oxygen atoms in total. The van der Waals surface area contributed by atoms with Gasteiger partial charge in [0.25, 0.3) is 0 Å². The Morgan fingerprint density at radius 2 is 0.514 bits per heavy atom. The van der Waals surface area contributed by atoms with E-state index in [-0.39, 0.29) is 31.1 Å². The molecule has 1 atom stereocenters. The van der Waals surface area contributed by atoms with Crippen molar-refractivity contribution in [3.8, 4) is 0 Å². The zero-order valence-electron chi connectivity index (χ0n) is 46.5. The van der Waals surface area contributed by atoms with E-state index in [0.29, 0.717) is 19.3 Å². The summed E-state index contributed by atoms with van der Waals surface area (Å²) in [5, 5.41) is 0. The van der Waals surface area contributed by atoms with E-state index in [0.717, 1.165) is 83.5 Å². The van der Waals surface area contributed by atoms with Gasteiger partial charge in [0, 0.05) is 19.3 Å². The molecule has 0 fully saturated rings. The van der Waals surface area contributed by atoms with Crippen molar-refractivity contribution in [2.45, 2.75) is 316 Å². The lowest BCUT2D eigenvalue weighted by Crippen LogP contribution is -2.30. The van der Waals surface area contributed by atoms with Crippen LogP contribution in [0.25, 0.3) is 0 Å². The maximum atomic E-state index is 12.9. The van der Waals surface area contributed by atoms with Gasteiger partial charge in [0.05, 0.1) is 0 Å². The molecule has 406 valence electrons. The molecule has 0 rings (SSSR count). The molecular weight excluding hydrogens is 865 g/mol. The molecule has 70 heavy (non-hydrogen) atoms. The molecule has 0 aromatic heterocycles. The first-order chi connectivity index (χ1) is 34.5. The summed E-state index contributed by atoms with van der Waals surface area (Å²) in [5.41, 5.74) is 0. The summed E-state index contributed by atoms with van der Waals surface area (Å²) in [6.45, 7) is 6.61. The van der Waals surface area contributed by atoms with Crippen molar-refractivity contribution in [1.29, 1.82) is 0 Å². The number of rotatable bonds is 55. The molecule has 0 N–H and O–H groups in total. The van der Waals surface area contributed by atoms with Gasteiger partial charge in [0.2, 0.25) is 0 Å². The van der Waals surface area contributed by atoms with E-state index in [9.17, 15) is 14.4 Å². The second kappa shape index (κ2) is 58.7. The molecule has 0 aliphatic rings. The molecule has 0 aromatic rings. The lowest BCUT2D eigenvalue weighted by Gasteiger charge is -2.18. The van der Waals surface area contributed by atoms with Crippen LogP contribution in [0.15, 0.2) is 60.8 Å². The smallest absolute Gasteiger partial charge is 0.306 e. The summed E-state index contributed by atoms with van der Waals surface area (Å²) in [7, 11) is 0. The molecule has 0 aliphatic carbocycles. The third-order valence-electron chi connectivity index (χ3n) is 13.2. The number of hydrogen-bond donors (Lipinski definition) is 0. The monoisotopic (exact) mass is 979 g/mol. The van der Waals surface area contributed by atoms with Crippen LogP contribution >= 0.6 is 0 Å². The zero-order valence-corrected chi connectivity index (χ0v) is 46.5. The van der Waals surface area contributed by atoms with E-state index >= 15 is 0 Å². The van der Waals surface area contributed by atoms with Gasteiger partial charge in [0.1, 0.15) is 13.2 Å². The van der Waals surface area contributed by atoms with Gasteiger partial charge < -0.3 is 14.2 Å². The molecule has 0 saturated heterocycles. The number of allylic oxidation sites excluding steroid dienone is 10. The van der Waals surface area contributed by atoms with Crippen LogP contribution in [0.4, 0.5) is 0 Å². The van der Waals surface area contributed by atoms with Crippen molar-refractivity contribution in [1.82, 2.24) is 0 Å². The first-order valence-corrected chi connectivity index (χ1v) is 30.3. The van der Waals surface area contributed by atoms with Crippen molar-refractivity contribution in [2.24, 2.45) is 0 Å². The van der Waals surface area contributed by atoms with Gasteiger partial charge in [-0.25, -0.2) is 0 Å². The highest BCUT2D eigenvalue weighted by Gasteiger charge is 2.19. The topological polar surface area (TPSA) is 78.9 Å². The minimum Gasteiger partial charge on any atom is -0.462 e. The van der Waals surface area contributed by atoms with Gasteiger partial charge in [-0.05, 0) is 109 Å². The molecule has 0 aliphatic heterocycles. The SMILES string of the molecule is CCCCC/C=C\C/C=C\C/C=C\CCCCCCCCC(=O)OC[C@@H](COC(=O)CCCCCCC/C=C\CCCCCCC)OC(=O)CCCCCCCCCCC/C=C\CCCCCCCC. The van der Waals surface area contributed by atoms with E-state index in [1.165, 1.54) is 186 Å². The van der Waals surface area contributed by atoms with Crippen molar-refractivity contribution < 1.29 is 28.6 Å². The number of ether oxygens (including phenoxy) is 3. The Balaban J connectivity index is 4.39. The minimum absolute atomic E-state index is 0.0823. The van der Waals surface area contributed by atoms with E-state index in [1.807, 2.05) is 0 Å². The second-order valence-corrected chi connectivity index (χ2v) is 20.2. The summed E-state index contributed by atoms with van der Waals surface area (Å²) in [5.74, 6) is -0.892. The fraction of sp³-hybridized carbons (Fsp3) is 0.797. The molecular formula is C64H114O6. The summed E-state index contributed by atoms with van der Waals surface area (Å²) in [4.78, 5) is 38.2. The lowest BCUT2D eigenvalue weighted by molar-refractivity contribution is -0.167. The molecule has 0 saturated carbocycles. The molecule has 0 aromatic carbocycles. The minimum atomic E-state index is -0.784. The van der Waals surface area contributed by atoms with Gasteiger partial charge in [-0.3, -0.25) is 14.4 Å². The highest BCUT2D eigenvalue weighted by atomic mass is 16.6. The number of hydrogen-bond acceptors (Lipinski definition) is 6. The van der Waals surface area contributed by atoms with Crippen LogP contribution in [0, 0.1) is 0 Å². The van der Waals surface area contributed by atoms with Crippen molar-refractivity contribution >= 4 is 17.9 Å². The lowest BCUT2D eigenvalue weighted by atomic mass is 10.1. The molecule has 0 spiro atoms. The molecule has 0 bridgehead atoms. The van der Waals surface area contributed by atoms with Crippen molar-refractivity contribution in [3.05, 3.63) is 60.8 Å². The fourth-order valence-electron chi connectivity index (χ4n) is 8.62. The molecule has 0 radical (unpaired) electrons. The normalized spacial score (nSPS) is 12.4. The van der Waals surface area contributed by atoms with Crippen LogP contribution in [0.2, 0.25) is 0 Å². The summed E-state index contributed by atoms with van der Waals surface area (Å²) in [6, 6.07) is 0. The summed E-state index contributed by atoms with van der Waals surface area (Å²) < 4.78 is 16.9. The predicted molar refractivity (Wildman–Crippen MR) is 302 cm³/mol. The number of carbonyl (C=O) groups excluding carboxylic acids is 3. The maximum absolute atomic E-state index is 12.9. The number of unbranched alkanes of at least 4 members (excludes halogenated alkanes) is 34. The number of esters is 3. The Kier molecular flexibility index (Phi) is 56.3. The third-order valence-corrected chi connectivity index (χ3v) is 13.2. The molecule has 0 heterocycles. The molecule has 6 heteroatoms. The van der Waals surface area contributed by atoms with Crippen molar-refractivity contribution in [3.63, 3.8) is 0 Å². The third kappa shape index (κ3) is 56.0.